The van der Waals surface area contributed by atoms with Crippen LogP contribution in [0.3, 0.4) is 0 Å². The van der Waals surface area contributed by atoms with Gasteiger partial charge in [-0.3, -0.25) is 9.69 Å². The summed E-state index contributed by atoms with van der Waals surface area (Å²) in [5.74, 6) is 0.690. The number of benzene rings is 1. The second-order valence-corrected chi connectivity index (χ2v) is 6.08. The van der Waals surface area contributed by atoms with Crippen LogP contribution < -0.4 is 5.32 Å². The smallest absolute Gasteiger partial charge is 0.150 e. The minimum absolute atomic E-state index is 0.690. The van der Waals surface area contributed by atoms with Crippen LogP contribution in [0.2, 0.25) is 0 Å². The highest BCUT2D eigenvalue weighted by atomic mass is 16.1. The second-order valence-electron chi connectivity index (χ2n) is 6.08. The molecule has 1 saturated heterocycles. The second kappa shape index (κ2) is 6.51. The molecule has 0 bridgehead atoms. The topological polar surface area (TPSA) is 32.3 Å². The lowest BCUT2D eigenvalue weighted by atomic mass is 9.81. The summed E-state index contributed by atoms with van der Waals surface area (Å²) in [4.78, 5) is 13.4. The molecule has 0 aromatic heterocycles. The van der Waals surface area contributed by atoms with Crippen LogP contribution in [-0.2, 0) is 0 Å². The quantitative estimate of drug-likeness (QED) is 0.858. The molecule has 0 unspecified atom stereocenters. The predicted octanol–water partition coefficient (Wildman–Crippen LogP) is 2.43. The van der Waals surface area contributed by atoms with Gasteiger partial charge in [-0.05, 0) is 37.2 Å². The number of carbonyl (C=O) groups excluding carboxylic acids is 1. The summed E-state index contributed by atoms with van der Waals surface area (Å²) < 4.78 is 0. The Morgan fingerprint density at radius 2 is 1.65 bits per heavy atom. The van der Waals surface area contributed by atoms with Crippen LogP contribution in [-0.4, -0.2) is 43.4 Å². The Hall–Kier alpha value is -1.19. The van der Waals surface area contributed by atoms with Crippen molar-refractivity contribution in [2.45, 2.75) is 37.6 Å². The highest BCUT2D eigenvalue weighted by Gasteiger charge is 2.27. The first-order valence-corrected chi connectivity index (χ1v) is 7.87. The van der Waals surface area contributed by atoms with Crippen LogP contribution in [0.25, 0.3) is 0 Å². The third kappa shape index (κ3) is 3.10. The van der Waals surface area contributed by atoms with Crippen molar-refractivity contribution in [3.63, 3.8) is 0 Å². The van der Waals surface area contributed by atoms with Crippen molar-refractivity contribution >= 4 is 6.29 Å². The Balaban J connectivity index is 1.55. The zero-order valence-electron chi connectivity index (χ0n) is 12.1. The fraction of sp³-hybridized carbons (Fsp3) is 0.588. The number of nitrogens with one attached hydrogen (secondary N) is 1. The van der Waals surface area contributed by atoms with Gasteiger partial charge >= 0.3 is 0 Å². The van der Waals surface area contributed by atoms with E-state index in [0.717, 1.165) is 31.0 Å². The number of aldehydes is 1. The summed E-state index contributed by atoms with van der Waals surface area (Å²) in [5, 5.41) is 3.43. The molecule has 0 amide bonds. The van der Waals surface area contributed by atoms with Crippen molar-refractivity contribution in [1.29, 1.82) is 0 Å². The molecule has 1 heterocycles. The minimum atomic E-state index is 0.690. The summed E-state index contributed by atoms with van der Waals surface area (Å²) >= 11 is 0. The number of nitrogens with zero attached hydrogens (tertiary/aromatic N) is 1. The average Bonchev–Trinajstić information content (AvgIpc) is 2.56. The van der Waals surface area contributed by atoms with Crippen LogP contribution in [0.4, 0.5) is 0 Å². The molecule has 1 saturated carbocycles. The van der Waals surface area contributed by atoms with Crippen LogP contribution in [0.1, 0.15) is 47.5 Å². The number of hydrogen-bond acceptors (Lipinski definition) is 3. The zero-order chi connectivity index (χ0) is 13.8. The monoisotopic (exact) mass is 272 g/mol. The Labute approximate surface area is 121 Å². The first kappa shape index (κ1) is 13.8. The van der Waals surface area contributed by atoms with Gasteiger partial charge in [-0.15, -0.1) is 0 Å². The molecule has 3 heteroatoms. The molecule has 1 aromatic rings. The minimum Gasteiger partial charge on any atom is -0.314 e. The normalized spacial score (nSPS) is 28.2. The lowest BCUT2D eigenvalue weighted by Gasteiger charge is -2.39. The fourth-order valence-electron chi connectivity index (χ4n) is 3.67. The molecule has 0 atom stereocenters. The Morgan fingerprint density at radius 1 is 1.00 bits per heavy atom. The van der Waals surface area contributed by atoms with E-state index < -0.39 is 0 Å². The first-order chi connectivity index (χ1) is 9.86. The summed E-state index contributed by atoms with van der Waals surface area (Å²) in [6.45, 7) is 4.72. The van der Waals surface area contributed by atoms with Gasteiger partial charge in [-0.2, -0.15) is 0 Å². The van der Waals surface area contributed by atoms with Crippen molar-refractivity contribution in [1.82, 2.24) is 10.2 Å². The maximum atomic E-state index is 10.7. The van der Waals surface area contributed by atoms with Gasteiger partial charge in [0.2, 0.25) is 0 Å². The molecule has 20 heavy (non-hydrogen) atoms. The lowest BCUT2D eigenvalue weighted by Crippen LogP contribution is -2.49. The zero-order valence-corrected chi connectivity index (χ0v) is 12.1. The van der Waals surface area contributed by atoms with Crippen LogP contribution in [0.15, 0.2) is 24.3 Å². The van der Waals surface area contributed by atoms with E-state index in [2.05, 4.69) is 22.3 Å². The number of piperazine rings is 1. The van der Waals surface area contributed by atoms with Gasteiger partial charge in [-0.25, -0.2) is 0 Å². The third-order valence-electron chi connectivity index (χ3n) is 4.91. The van der Waals surface area contributed by atoms with Crippen molar-refractivity contribution < 1.29 is 4.79 Å². The van der Waals surface area contributed by atoms with Crippen molar-refractivity contribution in [3.05, 3.63) is 35.4 Å². The Morgan fingerprint density at radius 3 is 2.25 bits per heavy atom. The summed E-state index contributed by atoms with van der Waals surface area (Å²) in [5.41, 5.74) is 2.19. The SMILES string of the molecule is O=Cc1ccc(C2CCC(N3CCNCC3)CC2)cc1. The summed E-state index contributed by atoms with van der Waals surface area (Å²) in [6.07, 6.45) is 6.13. The highest BCUT2D eigenvalue weighted by Crippen LogP contribution is 2.34. The van der Waals surface area contributed by atoms with E-state index in [4.69, 9.17) is 0 Å². The van der Waals surface area contributed by atoms with E-state index in [1.807, 2.05) is 12.1 Å². The van der Waals surface area contributed by atoms with Crippen molar-refractivity contribution in [3.8, 4) is 0 Å². The maximum Gasteiger partial charge on any atom is 0.150 e. The third-order valence-corrected chi connectivity index (χ3v) is 4.91. The number of hydrogen-bond donors (Lipinski definition) is 1. The molecule has 2 aliphatic rings. The average molecular weight is 272 g/mol. The van der Waals surface area contributed by atoms with E-state index in [9.17, 15) is 4.79 Å². The molecule has 0 spiro atoms. The molecule has 0 radical (unpaired) electrons. The van der Waals surface area contributed by atoms with E-state index in [-0.39, 0.29) is 0 Å². The molecule has 1 aliphatic carbocycles. The Kier molecular flexibility index (Phi) is 4.48. The van der Waals surface area contributed by atoms with Gasteiger partial charge in [0, 0.05) is 37.8 Å². The van der Waals surface area contributed by atoms with Crippen molar-refractivity contribution in [2.75, 3.05) is 26.2 Å². The maximum absolute atomic E-state index is 10.7. The van der Waals surface area contributed by atoms with Crippen LogP contribution in [0, 0.1) is 0 Å². The molecule has 3 nitrogen and oxygen atoms in total. The van der Waals surface area contributed by atoms with Gasteiger partial charge in [0.05, 0.1) is 0 Å². The van der Waals surface area contributed by atoms with Crippen LogP contribution in [0.5, 0.6) is 0 Å². The molecule has 1 N–H and O–H groups in total. The predicted molar refractivity (Wildman–Crippen MR) is 81.3 cm³/mol. The van der Waals surface area contributed by atoms with Gasteiger partial charge in [0.1, 0.15) is 6.29 Å². The standard InChI is InChI=1S/C17H24N2O/c20-13-14-1-3-15(4-2-14)16-5-7-17(8-6-16)19-11-9-18-10-12-19/h1-4,13,16-18H,5-12H2. The molecule has 3 rings (SSSR count). The van der Waals surface area contributed by atoms with Gasteiger partial charge in [0.15, 0.2) is 0 Å². The fourth-order valence-corrected chi connectivity index (χ4v) is 3.67. The summed E-state index contributed by atoms with van der Waals surface area (Å²) in [7, 11) is 0. The van der Waals surface area contributed by atoms with Crippen LogP contribution >= 0.6 is 0 Å². The molecule has 108 valence electrons. The first-order valence-electron chi connectivity index (χ1n) is 7.87. The molecular weight excluding hydrogens is 248 g/mol. The molecule has 1 aliphatic heterocycles. The Bertz CT molecular complexity index is 429. The van der Waals surface area contributed by atoms with Crippen molar-refractivity contribution in [2.24, 2.45) is 0 Å². The van der Waals surface area contributed by atoms with E-state index >= 15 is 0 Å². The van der Waals surface area contributed by atoms with E-state index in [0.29, 0.717) is 5.92 Å². The van der Waals surface area contributed by atoms with Gasteiger partial charge in [-0.1, -0.05) is 24.3 Å². The molecular formula is C17H24N2O. The molecule has 2 fully saturated rings. The number of carbonyl (C=O) groups is 1. The van der Waals surface area contributed by atoms with E-state index in [1.54, 1.807) is 0 Å². The lowest BCUT2D eigenvalue weighted by molar-refractivity contribution is 0.112. The number of rotatable bonds is 3. The largest absolute Gasteiger partial charge is 0.314 e. The van der Waals surface area contributed by atoms with E-state index in [1.165, 1.54) is 44.3 Å². The highest BCUT2D eigenvalue weighted by molar-refractivity contribution is 5.74. The van der Waals surface area contributed by atoms with Gasteiger partial charge in [0.25, 0.3) is 0 Å². The molecule has 1 aromatic carbocycles. The summed E-state index contributed by atoms with van der Waals surface area (Å²) in [6, 6.07) is 8.97. The van der Waals surface area contributed by atoms with Gasteiger partial charge < -0.3 is 5.32 Å².